The summed E-state index contributed by atoms with van der Waals surface area (Å²) in [7, 11) is 0. The SMILES string of the molecule is Cc1ccc(OP(=O)(Br)Oc2ccc(C)cc2)cc1. The molecule has 0 aliphatic heterocycles. The Morgan fingerprint density at radius 2 is 1.11 bits per heavy atom. The van der Waals surface area contributed by atoms with Crippen LogP contribution < -0.4 is 9.05 Å². The predicted molar refractivity (Wildman–Crippen MR) is 80.1 cm³/mol. The number of hydrogen-bond donors (Lipinski definition) is 0. The van der Waals surface area contributed by atoms with Crippen LogP contribution in [0, 0.1) is 13.8 Å². The normalized spacial score (nSPS) is 11.1. The van der Waals surface area contributed by atoms with Crippen LogP contribution in [0.4, 0.5) is 0 Å². The van der Waals surface area contributed by atoms with Gasteiger partial charge in [0.05, 0.1) is 15.5 Å². The number of benzene rings is 2. The molecule has 0 fully saturated rings. The van der Waals surface area contributed by atoms with Crippen molar-refractivity contribution in [1.29, 1.82) is 0 Å². The largest absolute Gasteiger partial charge is 0.498 e. The van der Waals surface area contributed by atoms with Gasteiger partial charge >= 0.3 is 6.30 Å². The molecule has 0 unspecified atom stereocenters. The van der Waals surface area contributed by atoms with E-state index < -0.39 is 6.30 Å². The van der Waals surface area contributed by atoms with E-state index in [1.807, 2.05) is 38.1 Å². The maximum Gasteiger partial charge on any atom is 0.498 e. The molecule has 0 heterocycles. The molecule has 0 amide bonds. The van der Waals surface area contributed by atoms with Gasteiger partial charge in [0.25, 0.3) is 0 Å². The van der Waals surface area contributed by atoms with Crippen LogP contribution in [0.5, 0.6) is 11.5 Å². The fourth-order valence-electron chi connectivity index (χ4n) is 1.47. The molecule has 3 nitrogen and oxygen atoms in total. The van der Waals surface area contributed by atoms with Gasteiger partial charge in [-0.3, -0.25) is 0 Å². The van der Waals surface area contributed by atoms with E-state index in [1.165, 1.54) is 0 Å². The van der Waals surface area contributed by atoms with Crippen molar-refractivity contribution in [3.63, 3.8) is 0 Å². The average molecular weight is 341 g/mol. The summed E-state index contributed by atoms with van der Waals surface area (Å²) < 4.78 is 22.9. The first-order valence-electron chi connectivity index (χ1n) is 5.77. The third-order valence-electron chi connectivity index (χ3n) is 2.47. The highest BCUT2D eigenvalue weighted by molar-refractivity contribution is 9.39. The second-order valence-electron chi connectivity index (χ2n) is 4.24. The summed E-state index contributed by atoms with van der Waals surface area (Å²) in [5.74, 6) is 0.996. The topological polar surface area (TPSA) is 35.5 Å². The summed E-state index contributed by atoms with van der Waals surface area (Å²) in [6.07, 6.45) is -3.35. The van der Waals surface area contributed by atoms with E-state index in [4.69, 9.17) is 9.05 Å². The van der Waals surface area contributed by atoms with Gasteiger partial charge in [0.15, 0.2) is 0 Å². The highest BCUT2D eigenvalue weighted by Gasteiger charge is 2.23. The van der Waals surface area contributed by atoms with Crippen molar-refractivity contribution in [3.8, 4) is 11.5 Å². The number of aryl methyl sites for hydroxylation is 2. The van der Waals surface area contributed by atoms with Crippen LogP contribution in [-0.2, 0) is 4.57 Å². The molecule has 0 aliphatic rings. The van der Waals surface area contributed by atoms with Crippen LogP contribution in [0.1, 0.15) is 11.1 Å². The van der Waals surface area contributed by atoms with Crippen molar-refractivity contribution in [2.45, 2.75) is 13.8 Å². The van der Waals surface area contributed by atoms with Gasteiger partial charge in [-0.15, -0.1) is 0 Å². The molecule has 0 saturated heterocycles. The Labute approximate surface area is 120 Å². The van der Waals surface area contributed by atoms with Crippen LogP contribution in [0.3, 0.4) is 0 Å². The van der Waals surface area contributed by atoms with Gasteiger partial charge < -0.3 is 9.05 Å². The van der Waals surface area contributed by atoms with Gasteiger partial charge in [-0.25, -0.2) is 4.57 Å². The minimum Gasteiger partial charge on any atom is -0.408 e. The Morgan fingerprint density at radius 3 is 1.42 bits per heavy atom. The second-order valence-corrected chi connectivity index (χ2v) is 8.07. The van der Waals surface area contributed by atoms with E-state index in [0.29, 0.717) is 11.5 Å². The zero-order chi connectivity index (χ0) is 13.9. The van der Waals surface area contributed by atoms with Crippen LogP contribution in [0.15, 0.2) is 48.5 Å². The highest BCUT2D eigenvalue weighted by atomic mass is 79.9. The molecule has 5 heteroatoms. The molecule has 0 aliphatic carbocycles. The maximum atomic E-state index is 12.2. The Morgan fingerprint density at radius 1 is 0.789 bits per heavy atom. The fourth-order valence-corrected chi connectivity index (χ4v) is 3.26. The lowest BCUT2D eigenvalue weighted by Crippen LogP contribution is -1.94. The Hall–Kier alpha value is -1.25. The average Bonchev–Trinajstić information content (AvgIpc) is 2.34. The summed E-state index contributed by atoms with van der Waals surface area (Å²) in [5.41, 5.74) is 2.22. The molecule has 2 aromatic carbocycles. The van der Waals surface area contributed by atoms with Crippen LogP contribution in [-0.4, -0.2) is 0 Å². The summed E-state index contributed by atoms with van der Waals surface area (Å²) in [4.78, 5) is 0. The maximum absolute atomic E-state index is 12.2. The number of hydrogen-bond acceptors (Lipinski definition) is 3. The predicted octanol–water partition coefficient (Wildman–Crippen LogP) is 5.26. The highest BCUT2D eigenvalue weighted by Crippen LogP contribution is 2.55. The van der Waals surface area contributed by atoms with E-state index in [1.54, 1.807) is 24.3 Å². The quantitative estimate of drug-likeness (QED) is 0.711. The lowest BCUT2D eigenvalue weighted by molar-refractivity contribution is 0.409. The van der Waals surface area contributed by atoms with Gasteiger partial charge in [-0.05, 0) is 38.1 Å². The van der Waals surface area contributed by atoms with Crippen molar-refractivity contribution in [1.82, 2.24) is 0 Å². The monoisotopic (exact) mass is 340 g/mol. The summed E-state index contributed by atoms with van der Waals surface area (Å²) in [6, 6.07) is 14.5. The van der Waals surface area contributed by atoms with Gasteiger partial charge in [0.2, 0.25) is 0 Å². The molecule has 0 aromatic heterocycles. The third-order valence-corrected chi connectivity index (χ3v) is 4.20. The molecule has 0 N–H and O–H groups in total. The molecule has 0 saturated carbocycles. The smallest absolute Gasteiger partial charge is 0.408 e. The van der Waals surface area contributed by atoms with E-state index in [0.717, 1.165) is 11.1 Å². The van der Waals surface area contributed by atoms with Crippen molar-refractivity contribution >= 4 is 21.8 Å². The minimum atomic E-state index is -3.35. The van der Waals surface area contributed by atoms with Crippen LogP contribution in [0.2, 0.25) is 0 Å². The van der Waals surface area contributed by atoms with Gasteiger partial charge in [0.1, 0.15) is 11.5 Å². The first-order chi connectivity index (χ1) is 8.94. The summed E-state index contributed by atoms with van der Waals surface area (Å²) in [6.45, 7) is 3.95. The van der Waals surface area contributed by atoms with Crippen LogP contribution >= 0.6 is 21.8 Å². The van der Waals surface area contributed by atoms with Crippen molar-refractivity contribution < 1.29 is 13.6 Å². The van der Waals surface area contributed by atoms with E-state index in [2.05, 4.69) is 15.5 Å². The summed E-state index contributed by atoms with van der Waals surface area (Å²) >= 11 is 3.00. The summed E-state index contributed by atoms with van der Waals surface area (Å²) in [5, 5.41) is 0. The molecule has 100 valence electrons. The molecular weight excluding hydrogens is 327 g/mol. The van der Waals surface area contributed by atoms with Crippen molar-refractivity contribution in [2.75, 3.05) is 0 Å². The lowest BCUT2D eigenvalue weighted by atomic mass is 10.2. The van der Waals surface area contributed by atoms with Crippen LogP contribution in [0.25, 0.3) is 0 Å². The fraction of sp³-hybridized carbons (Fsp3) is 0.143. The van der Waals surface area contributed by atoms with E-state index in [-0.39, 0.29) is 0 Å². The van der Waals surface area contributed by atoms with Crippen molar-refractivity contribution in [2.24, 2.45) is 0 Å². The molecule has 0 bridgehead atoms. The molecule has 0 spiro atoms. The van der Waals surface area contributed by atoms with E-state index >= 15 is 0 Å². The zero-order valence-corrected chi connectivity index (χ0v) is 13.1. The van der Waals surface area contributed by atoms with Gasteiger partial charge in [0, 0.05) is 0 Å². The standard InChI is InChI=1S/C14H14BrO3P/c1-11-3-7-13(8-4-11)17-19(15,16)18-14-9-5-12(2)6-10-14/h3-10H,1-2H3. The Balaban J connectivity index is 2.08. The molecule has 0 radical (unpaired) electrons. The Bertz CT molecular complexity index is 542. The molecule has 0 atom stereocenters. The van der Waals surface area contributed by atoms with Crippen molar-refractivity contribution in [3.05, 3.63) is 59.7 Å². The van der Waals surface area contributed by atoms with Gasteiger partial charge in [-0.1, -0.05) is 35.4 Å². The first-order valence-corrected chi connectivity index (χ1v) is 9.33. The molecule has 2 rings (SSSR count). The zero-order valence-electron chi connectivity index (χ0n) is 10.7. The molecule has 19 heavy (non-hydrogen) atoms. The van der Waals surface area contributed by atoms with Gasteiger partial charge in [-0.2, -0.15) is 0 Å². The molecular formula is C14H14BrO3P. The minimum absolute atomic E-state index is 0.498. The number of halogens is 1. The second kappa shape index (κ2) is 5.81. The lowest BCUT2D eigenvalue weighted by Gasteiger charge is -2.14. The van der Waals surface area contributed by atoms with E-state index in [9.17, 15) is 4.57 Å². The Kier molecular flexibility index (Phi) is 4.33. The molecule has 2 aromatic rings. The number of rotatable bonds is 4. The first kappa shape index (κ1) is 14.2. The third kappa shape index (κ3) is 4.41.